The van der Waals surface area contributed by atoms with Gasteiger partial charge >= 0.3 is 0 Å². The summed E-state index contributed by atoms with van der Waals surface area (Å²) < 4.78 is 33.2. The average Bonchev–Trinajstić information content (AvgIpc) is 3.15. The van der Waals surface area contributed by atoms with Gasteiger partial charge in [0.15, 0.2) is 0 Å². The Morgan fingerprint density at radius 3 is 2.54 bits per heavy atom. The Hall–Kier alpha value is -2.91. The van der Waals surface area contributed by atoms with Crippen LogP contribution in [0.3, 0.4) is 0 Å². The lowest BCUT2D eigenvalue weighted by molar-refractivity contribution is -0.385. The van der Waals surface area contributed by atoms with Crippen LogP contribution in [-0.4, -0.2) is 20.5 Å². The van der Waals surface area contributed by atoms with Gasteiger partial charge in [-0.3, -0.25) is 14.8 Å². The average molecular weight is 390 g/mol. The van der Waals surface area contributed by atoms with Crippen molar-refractivity contribution >= 4 is 32.7 Å². The number of thiophene rings is 1. The Morgan fingerprint density at radius 1 is 1.12 bits per heavy atom. The number of ether oxygens (including phenoxy) is 1. The van der Waals surface area contributed by atoms with E-state index in [1.165, 1.54) is 18.4 Å². The number of nitrogens with one attached hydrogen (secondary N) is 1. The molecule has 0 bridgehead atoms. The van der Waals surface area contributed by atoms with E-state index >= 15 is 0 Å². The van der Waals surface area contributed by atoms with E-state index in [9.17, 15) is 18.5 Å². The van der Waals surface area contributed by atoms with E-state index in [2.05, 4.69) is 4.72 Å². The number of benzene rings is 2. The summed E-state index contributed by atoms with van der Waals surface area (Å²) in [7, 11) is -2.74. The molecule has 0 atom stereocenters. The Labute approximate surface area is 154 Å². The zero-order chi connectivity index (χ0) is 18.7. The summed E-state index contributed by atoms with van der Waals surface area (Å²) in [5.41, 5.74) is 0.905. The maximum atomic E-state index is 12.8. The predicted molar refractivity (Wildman–Crippen MR) is 100 cm³/mol. The van der Waals surface area contributed by atoms with E-state index < -0.39 is 14.9 Å². The first-order valence-electron chi connectivity index (χ1n) is 7.40. The first-order valence-corrected chi connectivity index (χ1v) is 9.77. The van der Waals surface area contributed by atoms with Crippen molar-refractivity contribution in [3.63, 3.8) is 0 Å². The third-order valence-electron chi connectivity index (χ3n) is 3.61. The van der Waals surface area contributed by atoms with Gasteiger partial charge in [-0.05, 0) is 23.6 Å². The second kappa shape index (κ2) is 7.14. The minimum absolute atomic E-state index is 0.0969. The number of sulfonamides is 1. The highest BCUT2D eigenvalue weighted by Crippen LogP contribution is 2.34. The molecule has 1 heterocycles. The molecular weight excluding hydrogens is 376 g/mol. The molecular formula is C17H14N2O5S2. The summed E-state index contributed by atoms with van der Waals surface area (Å²) >= 11 is 1.49. The number of nitrogens with zero attached hydrogens (tertiary/aromatic N) is 1. The van der Waals surface area contributed by atoms with Crippen LogP contribution < -0.4 is 9.46 Å². The molecule has 0 spiro atoms. The summed E-state index contributed by atoms with van der Waals surface area (Å²) in [6, 6.07) is 14.2. The molecule has 26 heavy (non-hydrogen) atoms. The Balaban J connectivity index is 2.02. The van der Waals surface area contributed by atoms with Gasteiger partial charge in [-0.15, -0.1) is 11.3 Å². The molecule has 0 aliphatic heterocycles. The van der Waals surface area contributed by atoms with Crippen LogP contribution in [0.4, 0.5) is 11.4 Å². The molecule has 0 unspecified atom stereocenters. The monoisotopic (exact) mass is 390 g/mol. The summed E-state index contributed by atoms with van der Waals surface area (Å²) in [4.78, 5) is 11.0. The van der Waals surface area contributed by atoms with Crippen molar-refractivity contribution in [2.24, 2.45) is 0 Å². The molecule has 7 nitrogen and oxygen atoms in total. The molecule has 0 amide bonds. The quantitative estimate of drug-likeness (QED) is 0.504. The third-order valence-corrected chi connectivity index (χ3v) is 5.91. The van der Waals surface area contributed by atoms with Crippen LogP contribution in [0.5, 0.6) is 5.75 Å². The van der Waals surface area contributed by atoms with Crippen molar-refractivity contribution in [3.05, 3.63) is 70.1 Å². The minimum atomic E-state index is -4.01. The largest absolute Gasteiger partial charge is 0.495 e. The molecule has 0 aliphatic carbocycles. The fourth-order valence-corrected chi connectivity index (χ4v) is 4.41. The van der Waals surface area contributed by atoms with Gasteiger partial charge in [0.2, 0.25) is 0 Å². The van der Waals surface area contributed by atoms with E-state index in [0.717, 1.165) is 28.6 Å². The molecule has 0 saturated heterocycles. The molecule has 0 aliphatic rings. The number of hydrogen-bond donors (Lipinski definition) is 1. The smallest absolute Gasteiger partial charge is 0.273 e. The topological polar surface area (TPSA) is 98.5 Å². The first-order chi connectivity index (χ1) is 12.4. The van der Waals surface area contributed by atoms with Gasteiger partial charge < -0.3 is 4.74 Å². The van der Waals surface area contributed by atoms with Crippen molar-refractivity contribution in [2.45, 2.75) is 4.90 Å². The van der Waals surface area contributed by atoms with Crippen LogP contribution >= 0.6 is 11.3 Å². The van der Waals surface area contributed by atoms with E-state index in [4.69, 9.17) is 4.74 Å². The SMILES string of the molecule is COc1cc([N+](=O)[O-])ccc1S(=O)(=O)Nc1ccccc1-c1cccs1. The molecule has 2 aromatic carbocycles. The molecule has 1 aromatic heterocycles. The molecule has 0 fully saturated rings. The normalized spacial score (nSPS) is 11.1. The van der Waals surface area contributed by atoms with Gasteiger partial charge in [0.25, 0.3) is 15.7 Å². The molecule has 1 N–H and O–H groups in total. The van der Waals surface area contributed by atoms with E-state index in [-0.39, 0.29) is 16.3 Å². The number of methoxy groups -OCH3 is 1. The van der Waals surface area contributed by atoms with Gasteiger partial charge in [-0.25, -0.2) is 8.42 Å². The standard InChI is InChI=1S/C17H14N2O5S2/c1-24-15-11-12(19(20)21)8-9-17(15)26(22,23)18-14-6-3-2-5-13(14)16-7-4-10-25-16/h2-11,18H,1H3. The van der Waals surface area contributed by atoms with Gasteiger partial charge in [0.05, 0.1) is 23.8 Å². The summed E-state index contributed by atoms with van der Waals surface area (Å²) in [6.07, 6.45) is 0. The Kier molecular flexibility index (Phi) is 4.92. The molecule has 3 rings (SSSR count). The summed E-state index contributed by atoms with van der Waals surface area (Å²) in [5, 5.41) is 12.8. The molecule has 3 aromatic rings. The lowest BCUT2D eigenvalue weighted by Crippen LogP contribution is -2.14. The second-order valence-electron chi connectivity index (χ2n) is 5.22. The first kappa shape index (κ1) is 17.9. The van der Waals surface area contributed by atoms with Crippen molar-refractivity contribution in [3.8, 4) is 16.2 Å². The van der Waals surface area contributed by atoms with Crippen molar-refractivity contribution in [1.29, 1.82) is 0 Å². The predicted octanol–water partition coefficient (Wildman–Crippen LogP) is 4.13. The highest BCUT2D eigenvalue weighted by molar-refractivity contribution is 7.92. The van der Waals surface area contributed by atoms with Crippen LogP contribution in [0.25, 0.3) is 10.4 Å². The molecule has 134 valence electrons. The molecule has 0 radical (unpaired) electrons. The van der Waals surface area contributed by atoms with Crippen LogP contribution in [-0.2, 0) is 10.0 Å². The van der Waals surface area contributed by atoms with Crippen LogP contribution in [0, 0.1) is 10.1 Å². The molecule has 0 saturated carbocycles. The summed E-state index contributed by atoms with van der Waals surface area (Å²) in [6.45, 7) is 0. The summed E-state index contributed by atoms with van der Waals surface area (Å²) in [5.74, 6) is -0.0969. The zero-order valence-electron chi connectivity index (χ0n) is 13.6. The number of para-hydroxylation sites is 1. The fourth-order valence-electron chi connectivity index (χ4n) is 2.41. The van der Waals surface area contributed by atoms with Crippen LogP contribution in [0.15, 0.2) is 64.9 Å². The number of rotatable bonds is 6. The molecule has 9 heteroatoms. The van der Waals surface area contributed by atoms with Crippen molar-refractivity contribution in [1.82, 2.24) is 0 Å². The van der Waals surface area contributed by atoms with Gasteiger partial charge in [-0.2, -0.15) is 0 Å². The highest BCUT2D eigenvalue weighted by Gasteiger charge is 2.23. The maximum absolute atomic E-state index is 12.8. The van der Waals surface area contributed by atoms with Crippen LogP contribution in [0.2, 0.25) is 0 Å². The lowest BCUT2D eigenvalue weighted by Gasteiger charge is -2.14. The number of non-ortho nitro benzene ring substituents is 1. The number of nitro benzene ring substituents is 1. The minimum Gasteiger partial charge on any atom is -0.495 e. The van der Waals surface area contributed by atoms with E-state index in [0.29, 0.717) is 5.69 Å². The van der Waals surface area contributed by atoms with Gasteiger partial charge in [-0.1, -0.05) is 24.3 Å². The highest BCUT2D eigenvalue weighted by atomic mass is 32.2. The lowest BCUT2D eigenvalue weighted by atomic mass is 10.1. The second-order valence-corrected chi connectivity index (χ2v) is 7.82. The number of hydrogen-bond acceptors (Lipinski definition) is 6. The fraction of sp³-hybridized carbons (Fsp3) is 0.0588. The van der Waals surface area contributed by atoms with Crippen molar-refractivity contribution in [2.75, 3.05) is 11.8 Å². The zero-order valence-corrected chi connectivity index (χ0v) is 15.2. The van der Waals surface area contributed by atoms with Gasteiger partial charge in [0.1, 0.15) is 10.6 Å². The number of nitro groups is 1. The van der Waals surface area contributed by atoms with Crippen LogP contribution in [0.1, 0.15) is 0 Å². The van der Waals surface area contributed by atoms with Gasteiger partial charge in [0, 0.05) is 16.5 Å². The van der Waals surface area contributed by atoms with E-state index in [1.54, 1.807) is 12.1 Å². The van der Waals surface area contributed by atoms with Crippen molar-refractivity contribution < 1.29 is 18.1 Å². The Morgan fingerprint density at radius 2 is 1.88 bits per heavy atom. The van der Waals surface area contributed by atoms with E-state index in [1.807, 2.05) is 29.6 Å². The maximum Gasteiger partial charge on any atom is 0.273 e. The Bertz CT molecular complexity index is 1050. The number of anilines is 1. The third kappa shape index (κ3) is 3.53.